The monoisotopic (exact) mass is 421 g/mol. The third kappa shape index (κ3) is 3.61. The topological polar surface area (TPSA) is 87.3 Å². The molecule has 1 aliphatic heterocycles. The Bertz CT molecular complexity index is 1080. The number of aliphatic hydroxyl groups excluding tert-OH is 1. The Morgan fingerprint density at radius 1 is 1.23 bits per heavy atom. The molecule has 7 nitrogen and oxygen atoms in total. The largest absolute Gasteiger partial charge is 0.507 e. The number of fused-ring (bicyclic) bond motifs is 1. The normalized spacial score (nSPS) is 19.3. The van der Waals surface area contributed by atoms with Crippen LogP contribution in [0.2, 0.25) is 0 Å². The molecule has 1 fully saturated rings. The number of aromatic hydroxyl groups is 1. The molecule has 3 aromatic rings. The van der Waals surface area contributed by atoms with Crippen LogP contribution in [0.25, 0.3) is 22.4 Å². The molecule has 2 atom stereocenters. The zero-order valence-electron chi connectivity index (χ0n) is 16.6. The van der Waals surface area contributed by atoms with Crippen molar-refractivity contribution < 1.29 is 23.4 Å². The van der Waals surface area contributed by atoms with Crippen LogP contribution in [-0.2, 0) is 6.18 Å². The lowest BCUT2D eigenvalue weighted by atomic mass is 9.99. The van der Waals surface area contributed by atoms with Crippen molar-refractivity contribution in [1.29, 1.82) is 0 Å². The van der Waals surface area contributed by atoms with Crippen molar-refractivity contribution in [3.8, 4) is 17.0 Å². The summed E-state index contributed by atoms with van der Waals surface area (Å²) in [4.78, 5) is 6.65. The number of alkyl halides is 3. The van der Waals surface area contributed by atoms with Gasteiger partial charge in [-0.25, -0.2) is 4.98 Å². The van der Waals surface area contributed by atoms with Crippen molar-refractivity contribution in [2.24, 2.45) is 0 Å². The lowest BCUT2D eigenvalue weighted by Crippen LogP contribution is -2.33. The highest BCUT2D eigenvalue weighted by molar-refractivity contribution is 5.84. The van der Waals surface area contributed by atoms with Gasteiger partial charge in [0.15, 0.2) is 5.65 Å². The molecule has 0 radical (unpaired) electrons. The maximum atomic E-state index is 12.9. The van der Waals surface area contributed by atoms with Gasteiger partial charge >= 0.3 is 6.18 Å². The number of aromatic nitrogens is 4. The van der Waals surface area contributed by atoms with E-state index < -0.39 is 23.6 Å². The van der Waals surface area contributed by atoms with Crippen molar-refractivity contribution in [2.45, 2.75) is 38.1 Å². The molecule has 1 unspecified atom stereocenters. The fourth-order valence-corrected chi connectivity index (χ4v) is 4.04. The summed E-state index contributed by atoms with van der Waals surface area (Å²) in [5, 5.41) is 29.1. The van der Waals surface area contributed by atoms with Crippen LogP contribution >= 0.6 is 0 Å². The fraction of sp³-hybridized carbons (Fsp3) is 0.450. The lowest BCUT2D eigenvalue weighted by Gasteiger charge is -2.30. The van der Waals surface area contributed by atoms with Gasteiger partial charge in [-0.3, -0.25) is 0 Å². The van der Waals surface area contributed by atoms with Gasteiger partial charge in [-0.1, -0.05) is 0 Å². The Hall–Kier alpha value is -2.72. The van der Waals surface area contributed by atoms with Gasteiger partial charge in [0.05, 0.1) is 18.0 Å². The van der Waals surface area contributed by atoms with Crippen LogP contribution in [0.3, 0.4) is 0 Å². The van der Waals surface area contributed by atoms with E-state index in [2.05, 4.69) is 20.1 Å². The maximum Gasteiger partial charge on any atom is 0.416 e. The summed E-state index contributed by atoms with van der Waals surface area (Å²) < 4.78 is 40.7. The van der Waals surface area contributed by atoms with Gasteiger partial charge in [0.25, 0.3) is 0 Å². The zero-order valence-corrected chi connectivity index (χ0v) is 16.6. The van der Waals surface area contributed by atoms with E-state index in [1.54, 1.807) is 6.33 Å². The molecule has 30 heavy (non-hydrogen) atoms. The van der Waals surface area contributed by atoms with Gasteiger partial charge < -0.3 is 19.7 Å². The van der Waals surface area contributed by atoms with E-state index in [0.29, 0.717) is 22.8 Å². The predicted octanol–water partition coefficient (Wildman–Crippen LogP) is 3.54. The second kappa shape index (κ2) is 7.51. The number of nitrogens with zero attached hydrogens (tertiary/aromatic N) is 5. The molecule has 0 amide bonds. The average molecular weight is 421 g/mol. The van der Waals surface area contributed by atoms with Gasteiger partial charge in [0, 0.05) is 23.7 Å². The van der Waals surface area contributed by atoms with Crippen LogP contribution in [0.4, 0.5) is 13.2 Å². The van der Waals surface area contributed by atoms with E-state index >= 15 is 0 Å². The number of rotatable bonds is 3. The first kappa shape index (κ1) is 20.5. The molecule has 160 valence electrons. The number of halogens is 3. The van der Waals surface area contributed by atoms with E-state index in [9.17, 15) is 23.4 Å². The van der Waals surface area contributed by atoms with Crippen molar-refractivity contribution in [1.82, 2.24) is 24.6 Å². The number of likely N-dealkylation sites (N-methyl/N-ethyl adjacent to an activating group) is 1. The molecule has 1 saturated heterocycles. The number of phenolic OH excluding ortho intramolecular Hbond substituents is 1. The molecule has 1 aromatic carbocycles. The Morgan fingerprint density at radius 3 is 2.63 bits per heavy atom. The standard InChI is InChI=1S/C20H22F3N5O2/c1-11(29)16-17(14-6-5-12(8-15(14)30)20(21,22)23)25-26-19-18(16)24-10-28(19)13-4-3-7-27(2)9-13/h5-6,8,10-11,13,29-30H,3-4,7,9H2,1-2H3/t11?,13-/m1/s1. The SMILES string of the molecule is CC(O)c1c(-c2ccc(C(F)(F)F)cc2O)nnc2c1ncn2[C@@H]1CCCN(C)C1. The van der Waals surface area contributed by atoms with Crippen molar-refractivity contribution in [2.75, 3.05) is 20.1 Å². The Morgan fingerprint density at radius 2 is 2.00 bits per heavy atom. The van der Waals surface area contributed by atoms with Crippen LogP contribution in [0.5, 0.6) is 5.75 Å². The van der Waals surface area contributed by atoms with Crippen molar-refractivity contribution in [3.05, 3.63) is 35.7 Å². The molecular formula is C20H22F3N5O2. The third-order valence-corrected chi connectivity index (χ3v) is 5.51. The molecule has 0 saturated carbocycles. The second-order valence-electron chi connectivity index (χ2n) is 7.75. The lowest BCUT2D eigenvalue weighted by molar-refractivity contribution is -0.137. The van der Waals surface area contributed by atoms with E-state index in [1.807, 2.05) is 11.6 Å². The quantitative estimate of drug-likeness (QED) is 0.673. The number of hydrogen-bond acceptors (Lipinski definition) is 6. The van der Waals surface area contributed by atoms with Gasteiger partial charge in [0.2, 0.25) is 0 Å². The third-order valence-electron chi connectivity index (χ3n) is 5.51. The van der Waals surface area contributed by atoms with Gasteiger partial charge in [-0.05, 0) is 51.6 Å². The van der Waals surface area contributed by atoms with Gasteiger partial charge in [0.1, 0.15) is 17.0 Å². The Kier molecular flexibility index (Phi) is 5.15. The molecule has 3 heterocycles. The molecule has 0 bridgehead atoms. The maximum absolute atomic E-state index is 12.9. The molecule has 4 rings (SSSR count). The summed E-state index contributed by atoms with van der Waals surface area (Å²) in [5.74, 6) is -0.589. The van der Waals surface area contributed by atoms with Gasteiger partial charge in [-0.15, -0.1) is 10.2 Å². The number of benzene rings is 1. The second-order valence-corrected chi connectivity index (χ2v) is 7.75. The summed E-state index contributed by atoms with van der Waals surface area (Å²) in [6.07, 6.45) is -1.94. The minimum absolute atomic E-state index is 0.0558. The molecule has 0 spiro atoms. The predicted molar refractivity (Wildman–Crippen MR) is 104 cm³/mol. The van der Waals surface area contributed by atoms with Crippen molar-refractivity contribution >= 4 is 11.2 Å². The van der Waals surface area contributed by atoms with E-state index in [0.717, 1.165) is 38.1 Å². The van der Waals surface area contributed by atoms with Crippen LogP contribution in [-0.4, -0.2) is 55.0 Å². The van der Waals surface area contributed by atoms with E-state index in [4.69, 9.17) is 0 Å². The highest BCUT2D eigenvalue weighted by atomic mass is 19.4. The summed E-state index contributed by atoms with van der Waals surface area (Å²) in [5.41, 5.74) is 0.430. The first-order valence-electron chi connectivity index (χ1n) is 9.67. The van der Waals surface area contributed by atoms with Crippen molar-refractivity contribution in [3.63, 3.8) is 0 Å². The average Bonchev–Trinajstić information content (AvgIpc) is 3.10. The fourth-order valence-electron chi connectivity index (χ4n) is 4.04. The Labute approximate surface area is 170 Å². The first-order chi connectivity index (χ1) is 14.2. The first-order valence-corrected chi connectivity index (χ1v) is 9.67. The summed E-state index contributed by atoms with van der Waals surface area (Å²) in [7, 11) is 2.05. The molecule has 2 aromatic heterocycles. The summed E-state index contributed by atoms with van der Waals surface area (Å²) >= 11 is 0. The summed E-state index contributed by atoms with van der Waals surface area (Å²) in [6, 6.07) is 2.80. The van der Waals surface area contributed by atoms with E-state index in [-0.39, 0.29) is 17.3 Å². The molecule has 1 aliphatic rings. The highest BCUT2D eigenvalue weighted by Gasteiger charge is 2.32. The van der Waals surface area contributed by atoms with Crippen LogP contribution in [0, 0.1) is 0 Å². The number of hydrogen-bond donors (Lipinski definition) is 2. The zero-order chi connectivity index (χ0) is 21.6. The number of piperidine rings is 1. The highest BCUT2D eigenvalue weighted by Crippen LogP contribution is 2.39. The van der Waals surface area contributed by atoms with Crippen LogP contribution in [0.15, 0.2) is 24.5 Å². The molecular weight excluding hydrogens is 399 g/mol. The molecule has 10 heteroatoms. The van der Waals surface area contributed by atoms with Crippen LogP contribution < -0.4 is 0 Å². The Balaban J connectivity index is 1.83. The van der Waals surface area contributed by atoms with Crippen LogP contribution in [0.1, 0.15) is 43.0 Å². The minimum Gasteiger partial charge on any atom is -0.507 e. The number of phenols is 1. The van der Waals surface area contributed by atoms with Gasteiger partial charge in [-0.2, -0.15) is 13.2 Å². The summed E-state index contributed by atoms with van der Waals surface area (Å²) in [6.45, 7) is 3.37. The smallest absolute Gasteiger partial charge is 0.416 e. The van der Waals surface area contributed by atoms with E-state index in [1.165, 1.54) is 6.92 Å². The number of aliphatic hydroxyl groups is 1. The molecule has 0 aliphatic carbocycles. The number of imidazole rings is 1. The minimum atomic E-state index is -4.58. The number of likely N-dealkylation sites (tertiary alicyclic amines) is 1. The molecule has 2 N–H and O–H groups in total.